The SMILES string of the molecule is C[C@@](CO)(COS(=O)(=O)c1ccccc1)c1ccccc1Br. The molecule has 1 atom stereocenters. The fourth-order valence-corrected chi connectivity index (χ4v) is 3.83. The van der Waals surface area contributed by atoms with E-state index in [0.717, 1.165) is 10.0 Å². The first-order valence-electron chi connectivity index (χ1n) is 6.69. The fraction of sp³-hybridized carbons (Fsp3) is 0.250. The molecule has 2 aromatic carbocycles. The molecule has 0 saturated carbocycles. The van der Waals surface area contributed by atoms with Crippen molar-refractivity contribution in [1.29, 1.82) is 0 Å². The van der Waals surface area contributed by atoms with Gasteiger partial charge in [-0.2, -0.15) is 8.42 Å². The number of aliphatic hydroxyl groups is 1. The Morgan fingerprint density at radius 3 is 2.27 bits per heavy atom. The molecule has 22 heavy (non-hydrogen) atoms. The van der Waals surface area contributed by atoms with Gasteiger partial charge in [-0.3, -0.25) is 4.18 Å². The molecular formula is C16H17BrO4S. The smallest absolute Gasteiger partial charge is 0.297 e. The molecule has 2 rings (SSSR count). The monoisotopic (exact) mass is 384 g/mol. The second kappa shape index (κ2) is 6.91. The summed E-state index contributed by atoms with van der Waals surface area (Å²) in [6.45, 7) is 1.37. The summed E-state index contributed by atoms with van der Waals surface area (Å²) >= 11 is 3.42. The largest absolute Gasteiger partial charge is 0.395 e. The summed E-state index contributed by atoms with van der Waals surface area (Å²) in [7, 11) is -3.85. The highest BCUT2D eigenvalue weighted by molar-refractivity contribution is 9.10. The summed E-state index contributed by atoms with van der Waals surface area (Å²) in [6, 6.07) is 15.3. The molecule has 0 unspecified atom stereocenters. The predicted molar refractivity (Wildman–Crippen MR) is 88.2 cm³/mol. The van der Waals surface area contributed by atoms with Crippen LogP contribution in [0.5, 0.6) is 0 Å². The quantitative estimate of drug-likeness (QED) is 0.777. The number of hydrogen-bond acceptors (Lipinski definition) is 4. The van der Waals surface area contributed by atoms with E-state index in [4.69, 9.17) is 4.18 Å². The lowest BCUT2D eigenvalue weighted by atomic mass is 9.84. The molecule has 0 radical (unpaired) electrons. The second-order valence-electron chi connectivity index (χ2n) is 5.23. The summed E-state index contributed by atoms with van der Waals surface area (Å²) in [5, 5.41) is 9.73. The van der Waals surface area contributed by atoms with Crippen LogP contribution in [0.15, 0.2) is 64.0 Å². The lowest BCUT2D eigenvalue weighted by molar-refractivity contribution is 0.144. The van der Waals surface area contributed by atoms with Gasteiger partial charge in [-0.05, 0) is 23.8 Å². The molecule has 118 valence electrons. The van der Waals surface area contributed by atoms with E-state index >= 15 is 0 Å². The standard InChI is InChI=1S/C16H17BrO4S/c1-16(11-18,14-9-5-6-10-15(14)17)12-21-22(19,20)13-7-3-2-4-8-13/h2-10,18H,11-12H2,1H3/t16-/m1/s1. The van der Waals surface area contributed by atoms with Crippen molar-refractivity contribution < 1.29 is 17.7 Å². The first-order valence-corrected chi connectivity index (χ1v) is 8.89. The Morgan fingerprint density at radius 1 is 1.09 bits per heavy atom. The topological polar surface area (TPSA) is 63.6 Å². The highest BCUT2D eigenvalue weighted by Crippen LogP contribution is 2.31. The van der Waals surface area contributed by atoms with Crippen LogP contribution in [-0.4, -0.2) is 26.7 Å². The highest BCUT2D eigenvalue weighted by Gasteiger charge is 2.31. The first kappa shape index (κ1) is 17.1. The molecule has 1 N–H and O–H groups in total. The summed E-state index contributed by atoms with van der Waals surface area (Å²) < 4.78 is 30.4. The average Bonchev–Trinajstić information content (AvgIpc) is 2.54. The van der Waals surface area contributed by atoms with Crippen LogP contribution in [0.25, 0.3) is 0 Å². The number of aliphatic hydroxyl groups excluding tert-OH is 1. The van der Waals surface area contributed by atoms with Gasteiger partial charge in [0.15, 0.2) is 0 Å². The Hall–Kier alpha value is -1.21. The van der Waals surface area contributed by atoms with Crippen LogP contribution in [0, 0.1) is 0 Å². The van der Waals surface area contributed by atoms with Gasteiger partial charge >= 0.3 is 0 Å². The normalized spacial score (nSPS) is 14.5. The molecule has 0 aliphatic carbocycles. The van der Waals surface area contributed by atoms with Crippen LogP contribution in [0.2, 0.25) is 0 Å². The third-order valence-corrected chi connectivity index (χ3v) is 5.41. The maximum atomic E-state index is 12.2. The van der Waals surface area contributed by atoms with E-state index in [0.29, 0.717) is 0 Å². The van der Waals surface area contributed by atoms with Crippen molar-refractivity contribution in [2.45, 2.75) is 17.2 Å². The van der Waals surface area contributed by atoms with Gasteiger partial charge in [0.05, 0.1) is 18.1 Å². The Bertz CT molecular complexity index is 731. The molecule has 4 nitrogen and oxygen atoms in total. The van der Waals surface area contributed by atoms with Crippen LogP contribution in [0.1, 0.15) is 12.5 Å². The minimum Gasteiger partial charge on any atom is -0.395 e. The van der Waals surface area contributed by atoms with Crippen molar-refractivity contribution in [3.63, 3.8) is 0 Å². The number of halogens is 1. The summed E-state index contributed by atoms with van der Waals surface area (Å²) in [4.78, 5) is 0.0995. The van der Waals surface area contributed by atoms with Crippen molar-refractivity contribution in [2.24, 2.45) is 0 Å². The molecule has 0 aliphatic rings. The third kappa shape index (κ3) is 3.76. The van der Waals surface area contributed by atoms with Crippen molar-refractivity contribution >= 4 is 26.0 Å². The lowest BCUT2D eigenvalue weighted by Crippen LogP contribution is -2.34. The maximum Gasteiger partial charge on any atom is 0.297 e. The van der Waals surface area contributed by atoms with E-state index in [1.54, 1.807) is 25.1 Å². The van der Waals surface area contributed by atoms with Gasteiger partial charge in [-0.1, -0.05) is 59.3 Å². The molecule has 6 heteroatoms. The highest BCUT2D eigenvalue weighted by atomic mass is 79.9. The van der Waals surface area contributed by atoms with E-state index in [-0.39, 0.29) is 18.1 Å². The molecule has 0 bridgehead atoms. The molecular weight excluding hydrogens is 368 g/mol. The summed E-state index contributed by atoms with van der Waals surface area (Å²) in [5.74, 6) is 0. The molecule has 0 spiro atoms. The van der Waals surface area contributed by atoms with Gasteiger partial charge in [0.1, 0.15) is 0 Å². The van der Waals surface area contributed by atoms with Gasteiger partial charge in [-0.25, -0.2) is 0 Å². The number of rotatable bonds is 6. The van der Waals surface area contributed by atoms with Crippen molar-refractivity contribution in [3.8, 4) is 0 Å². The molecule has 0 saturated heterocycles. The number of benzene rings is 2. The van der Waals surface area contributed by atoms with Crippen LogP contribution in [0.4, 0.5) is 0 Å². The Kier molecular flexibility index (Phi) is 5.39. The minimum absolute atomic E-state index is 0.0995. The minimum atomic E-state index is -3.85. The Balaban J connectivity index is 2.23. The molecule has 0 aromatic heterocycles. The van der Waals surface area contributed by atoms with Crippen LogP contribution in [-0.2, 0) is 19.7 Å². The van der Waals surface area contributed by atoms with Gasteiger partial charge < -0.3 is 5.11 Å². The zero-order valence-electron chi connectivity index (χ0n) is 12.1. The predicted octanol–water partition coefficient (Wildman–Crippen LogP) is 3.10. The van der Waals surface area contributed by atoms with E-state index in [2.05, 4.69) is 15.9 Å². The van der Waals surface area contributed by atoms with Gasteiger partial charge in [0.2, 0.25) is 0 Å². The summed E-state index contributed by atoms with van der Waals surface area (Å²) in [5.41, 5.74) is -0.0390. The van der Waals surface area contributed by atoms with Crippen molar-refractivity contribution in [3.05, 3.63) is 64.6 Å². The molecule has 0 heterocycles. The lowest BCUT2D eigenvalue weighted by Gasteiger charge is -2.28. The third-order valence-electron chi connectivity index (χ3n) is 3.44. The Morgan fingerprint density at radius 2 is 1.68 bits per heavy atom. The van der Waals surface area contributed by atoms with Crippen LogP contribution in [0.3, 0.4) is 0 Å². The fourth-order valence-electron chi connectivity index (χ4n) is 2.02. The van der Waals surface area contributed by atoms with Gasteiger partial charge in [0, 0.05) is 9.89 Å². The second-order valence-corrected chi connectivity index (χ2v) is 7.70. The zero-order valence-corrected chi connectivity index (χ0v) is 14.5. The Labute approximate surface area is 139 Å². The van der Waals surface area contributed by atoms with Gasteiger partial charge in [-0.15, -0.1) is 0 Å². The van der Waals surface area contributed by atoms with E-state index in [9.17, 15) is 13.5 Å². The van der Waals surface area contributed by atoms with E-state index < -0.39 is 15.5 Å². The van der Waals surface area contributed by atoms with Gasteiger partial charge in [0.25, 0.3) is 10.1 Å². The molecule has 2 aromatic rings. The first-order chi connectivity index (χ1) is 10.4. The number of hydrogen-bond donors (Lipinski definition) is 1. The average molecular weight is 385 g/mol. The molecule has 0 amide bonds. The van der Waals surface area contributed by atoms with Crippen molar-refractivity contribution in [2.75, 3.05) is 13.2 Å². The zero-order chi connectivity index (χ0) is 16.2. The van der Waals surface area contributed by atoms with Crippen molar-refractivity contribution in [1.82, 2.24) is 0 Å². The van der Waals surface area contributed by atoms with Crippen LogP contribution >= 0.6 is 15.9 Å². The van der Waals surface area contributed by atoms with E-state index in [1.807, 2.05) is 24.3 Å². The molecule has 0 aliphatic heterocycles. The van der Waals surface area contributed by atoms with E-state index in [1.165, 1.54) is 12.1 Å². The maximum absolute atomic E-state index is 12.2. The van der Waals surface area contributed by atoms with Crippen LogP contribution < -0.4 is 0 Å². The summed E-state index contributed by atoms with van der Waals surface area (Å²) in [6.07, 6.45) is 0. The molecule has 0 fully saturated rings.